The third-order valence-corrected chi connectivity index (χ3v) is 3.77. The van der Waals surface area contributed by atoms with Gasteiger partial charge in [-0.05, 0) is 42.2 Å². The van der Waals surface area contributed by atoms with Gasteiger partial charge in [0.1, 0.15) is 0 Å². The maximum atomic E-state index is 12.4. The van der Waals surface area contributed by atoms with E-state index in [2.05, 4.69) is 6.58 Å². The molecule has 1 aromatic carbocycles. The number of allylic oxidation sites excluding steroid dienone is 5. The Hall–Kier alpha value is -2.22. The first-order valence-corrected chi connectivity index (χ1v) is 6.42. The van der Waals surface area contributed by atoms with Crippen LogP contribution in [0.2, 0.25) is 0 Å². The van der Waals surface area contributed by atoms with E-state index in [1.807, 2.05) is 31.2 Å². The topological polar surface area (TPSA) is 34.1 Å². The molecule has 0 aromatic heterocycles. The van der Waals surface area contributed by atoms with Crippen molar-refractivity contribution in [2.45, 2.75) is 19.8 Å². The van der Waals surface area contributed by atoms with E-state index in [4.69, 9.17) is 0 Å². The number of ketones is 2. The van der Waals surface area contributed by atoms with Gasteiger partial charge in [-0.3, -0.25) is 9.59 Å². The van der Waals surface area contributed by atoms with E-state index >= 15 is 0 Å². The van der Waals surface area contributed by atoms with Gasteiger partial charge in [-0.25, -0.2) is 0 Å². The van der Waals surface area contributed by atoms with Gasteiger partial charge < -0.3 is 0 Å². The molecule has 0 aliphatic heterocycles. The highest BCUT2D eigenvalue weighted by atomic mass is 16.1. The number of hydrogen-bond acceptors (Lipinski definition) is 2. The van der Waals surface area contributed by atoms with Crippen LogP contribution in [0.5, 0.6) is 0 Å². The molecule has 3 rings (SSSR count). The largest absolute Gasteiger partial charge is 0.294 e. The molecule has 94 valence electrons. The van der Waals surface area contributed by atoms with E-state index < -0.39 is 0 Å². The molecule has 0 unspecified atom stereocenters. The Bertz CT molecular complexity index is 687. The summed E-state index contributed by atoms with van der Waals surface area (Å²) in [7, 11) is 0. The molecule has 2 aliphatic rings. The third kappa shape index (κ3) is 1.56. The van der Waals surface area contributed by atoms with Crippen LogP contribution in [-0.4, -0.2) is 11.6 Å². The summed E-state index contributed by atoms with van der Waals surface area (Å²) in [6, 6.07) is 3.75. The number of Topliss-reactive ketones (excluding diaryl/α,β-unsaturated/α-hetero) is 2. The molecule has 2 nitrogen and oxygen atoms in total. The van der Waals surface area contributed by atoms with Crippen LogP contribution < -0.4 is 0 Å². The van der Waals surface area contributed by atoms with Crippen molar-refractivity contribution in [3.8, 4) is 0 Å². The average Bonchev–Trinajstić information content (AvgIpc) is 2.89. The Kier molecular flexibility index (Phi) is 2.59. The lowest BCUT2D eigenvalue weighted by Crippen LogP contribution is -1.99. The summed E-state index contributed by atoms with van der Waals surface area (Å²) in [4.78, 5) is 24.2. The molecule has 0 bridgehead atoms. The van der Waals surface area contributed by atoms with E-state index in [1.54, 1.807) is 6.08 Å². The predicted molar refractivity (Wildman–Crippen MR) is 75.4 cm³/mol. The molecule has 0 N–H and O–H groups in total. The van der Waals surface area contributed by atoms with Gasteiger partial charge in [0.25, 0.3) is 0 Å². The van der Waals surface area contributed by atoms with Gasteiger partial charge in [-0.15, -0.1) is 0 Å². The summed E-state index contributed by atoms with van der Waals surface area (Å²) in [6.07, 6.45) is 6.66. The van der Waals surface area contributed by atoms with Crippen LogP contribution in [0.1, 0.15) is 45.2 Å². The van der Waals surface area contributed by atoms with Gasteiger partial charge in [-0.2, -0.15) is 0 Å². The number of carbonyl (C=O) groups is 2. The molecular formula is C17H14O2. The minimum atomic E-state index is 0.0325. The molecule has 0 saturated heterocycles. The number of carbonyl (C=O) groups excluding carboxylic acids is 2. The second-order valence-electron chi connectivity index (χ2n) is 4.84. The Morgan fingerprint density at radius 1 is 1.05 bits per heavy atom. The van der Waals surface area contributed by atoms with Crippen molar-refractivity contribution < 1.29 is 9.59 Å². The molecular weight excluding hydrogens is 236 g/mol. The van der Waals surface area contributed by atoms with E-state index in [1.165, 1.54) is 0 Å². The van der Waals surface area contributed by atoms with E-state index in [0.29, 0.717) is 17.6 Å². The number of fused-ring (bicyclic) bond motifs is 2. The molecule has 0 atom stereocenters. The molecule has 0 fully saturated rings. The first kappa shape index (κ1) is 11.8. The second kappa shape index (κ2) is 4.16. The van der Waals surface area contributed by atoms with Crippen molar-refractivity contribution in [2.75, 3.05) is 0 Å². The molecule has 0 amide bonds. The van der Waals surface area contributed by atoms with Crippen LogP contribution in [0.15, 0.2) is 42.5 Å². The fourth-order valence-corrected chi connectivity index (χ4v) is 2.87. The zero-order chi connectivity index (χ0) is 13.6. The zero-order valence-corrected chi connectivity index (χ0v) is 10.8. The van der Waals surface area contributed by atoms with Crippen molar-refractivity contribution in [2.24, 2.45) is 0 Å². The molecule has 19 heavy (non-hydrogen) atoms. The van der Waals surface area contributed by atoms with Gasteiger partial charge in [0, 0.05) is 23.1 Å². The smallest absolute Gasteiger partial charge is 0.194 e. The van der Waals surface area contributed by atoms with Gasteiger partial charge in [0.15, 0.2) is 11.6 Å². The first-order valence-electron chi connectivity index (χ1n) is 6.42. The highest BCUT2D eigenvalue weighted by Gasteiger charge is 2.30. The number of aryl methyl sites for hydroxylation is 1. The minimum Gasteiger partial charge on any atom is -0.294 e. The summed E-state index contributed by atoms with van der Waals surface area (Å²) in [6.45, 7) is 5.67. The molecule has 2 aliphatic carbocycles. The summed E-state index contributed by atoms with van der Waals surface area (Å²) in [5, 5.41) is 0. The van der Waals surface area contributed by atoms with Crippen LogP contribution in [0.25, 0.3) is 5.57 Å². The zero-order valence-electron chi connectivity index (χ0n) is 10.8. The van der Waals surface area contributed by atoms with E-state index in [9.17, 15) is 9.59 Å². The molecule has 0 saturated carbocycles. The predicted octanol–water partition coefficient (Wildman–Crippen LogP) is 3.53. The maximum absolute atomic E-state index is 12.4. The first-order chi connectivity index (χ1) is 9.17. The highest BCUT2D eigenvalue weighted by Crippen LogP contribution is 2.38. The summed E-state index contributed by atoms with van der Waals surface area (Å²) in [5.74, 6) is 0.207. The number of rotatable bonds is 2. The lowest BCUT2D eigenvalue weighted by atomic mass is 9.98. The maximum Gasteiger partial charge on any atom is 0.194 e. The van der Waals surface area contributed by atoms with Crippen molar-refractivity contribution in [1.29, 1.82) is 0 Å². The average molecular weight is 250 g/mol. The second-order valence-corrected chi connectivity index (χ2v) is 4.84. The normalized spacial score (nSPS) is 17.3. The van der Waals surface area contributed by atoms with Crippen LogP contribution in [0.4, 0.5) is 0 Å². The van der Waals surface area contributed by atoms with Crippen LogP contribution >= 0.6 is 0 Å². The van der Waals surface area contributed by atoms with Gasteiger partial charge in [0.05, 0.1) is 0 Å². The van der Waals surface area contributed by atoms with Gasteiger partial charge >= 0.3 is 0 Å². The highest BCUT2D eigenvalue weighted by molar-refractivity contribution is 6.24. The Morgan fingerprint density at radius 2 is 1.84 bits per heavy atom. The Labute approximate surface area is 112 Å². The molecule has 0 radical (unpaired) electrons. The van der Waals surface area contributed by atoms with Crippen LogP contribution in [0.3, 0.4) is 0 Å². The van der Waals surface area contributed by atoms with E-state index in [0.717, 1.165) is 28.7 Å². The van der Waals surface area contributed by atoms with Crippen molar-refractivity contribution >= 4 is 17.1 Å². The van der Waals surface area contributed by atoms with Gasteiger partial charge in [0.2, 0.25) is 0 Å². The summed E-state index contributed by atoms with van der Waals surface area (Å²) >= 11 is 0. The fourth-order valence-electron chi connectivity index (χ4n) is 2.87. The van der Waals surface area contributed by atoms with Crippen LogP contribution in [0, 0.1) is 0 Å². The SMILES string of the molecule is C=CC1=C(/C=C\C)C(=O)c2cc3c(cc21)C(=O)CC3. The van der Waals surface area contributed by atoms with E-state index in [-0.39, 0.29) is 11.6 Å². The lowest BCUT2D eigenvalue weighted by Gasteiger charge is -2.04. The minimum absolute atomic E-state index is 0.0325. The molecule has 2 heteroatoms. The van der Waals surface area contributed by atoms with Crippen LogP contribution in [-0.2, 0) is 6.42 Å². The monoisotopic (exact) mass is 250 g/mol. The van der Waals surface area contributed by atoms with Crippen molar-refractivity contribution in [1.82, 2.24) is 0 Å². The fraction of sp³-hybridized carbons (Fsp3) is 0.176. The van der Waals surface area contributed by atoms with Crippen molar-refractivity contribution in [3.63, 3.8) is 0 Å². The quantitative estimate of drug-likeness (QED) is 0.804. The van der Waals surface area contributed by atoms with Crippen molar-refractivity contribution in [3.05, 3.63) is 64.8 Å². The Balaban J connectivity index is 2.27. The number of benzene rings is 1. The summed E-state index contributed by atoms with van der Waals surface area (Å²) in [5.41, 5.74) is 4.83. The molecule has 0 heterocycles. The standard InChI is InChI=1S/C17H14O2/c1-3-5-12-11(4-2)14-9-13-10(6-7-16(13)18)8-15(14)17(12)19/h3-5,8-9H,2,6-7H2,1H3/b5-3-. The summed E-state index contributed by atoms with van der Waals surface area (Å²) < 4.78 is 0. The lowest BCUT2D eigenvalue weighted by molar-refractivity contribution is 0.0992. The molecule has 0 spiro atoms. The third-order valence-electron chi connectivity index (χ3n) is 3.77. The Morgan fingerprint density at radius 3 is 2.53 bits per heavy atom. The number of hydrogen-bond donors (Lipinski definition) is 0. The van der Waals surface area contributed by atoms with Gasteiger partial charge in [-0.1, -0.05) is 24.8 Å². The molecule has 1 aromatic rings.